The molecule has 0 atom stereocenters. The molecule has 1 N–H and O–H groups in total. The van der Waals surface area contributed by atoms with Crippen LogP contribution in [0.3, 0.4) is 0 Å². The molecular weight excluding hydrogens is 206 g/mol. The first-order valence-corrected chi connectivity index (χ1v) is 5.91. The Hall–Kier alpha value is -1.48. The highest BCUT2D eigenvalue weighted by Crippen LogP contribution is 2.09. The molecule has 0 aliphatic carbocycles. The minimum absolute atomic E-state index is 0.0603. The fourth-order valence-electron chi connectivity index (χ4n) is 1.45. The van der Waals surface area contributed by atoms with Crippen molar-refractivity contribution in [1.29, 1.82) is 0 Å². The highest BCUT2D eigenvalue weighted by Gasteiger charge is 1.98. The monoisotopic (exact) mass is 217 g/mol. The molecule has 2 rings (SSSR count). The summed E-state index contributed by atoms with van der Waals surface area (Å²) in [5.74, 6) is 0. The summed E-state index contributed by atoms with van der Waals surface area (Å²) < 4.78 is 0. The zero-order chi connectivity index (χ0) is 10.7. The number of benzene rings is 1. The maximum Gasteiger partial charge on any atom is 0.189 e. The average molecular weight is 217 g/mol. The fourth-order valence-corrected chi connectivity index (χ4v) is 1.73. The molecule has 0 aliphatic rings. The third-order valence-corrected chi connectivity index (χ3v) is 2.55. The molecule has 2 nitrogen and oxygen atoms in total. The van der Waals surface area contributed by atoms with Crippen LogP contribution >= 0.6 is 11.8 Å². The van der Waals surface area contributed by atoms with Gasteiger partial charge in [-0.15, -0.1) is 11.8 Å². The summed E-state index contributed by atoms with van der Waals surface area (Å²) in [6, 6.07) is 9.15. The van der Waals surface area contributed by atoms with Crippen LogP contribution in [-0.2, 0) is 0 Å². The van der Waals surface area contributed by atoms with Crippen LogP contribution < -0.4 is 5.43 Å². The minimum atomic E-state index is 0.0603. The van der Waals surface area contributed by atoms with Crippen molar-refractivity contribution in [3.63, 3.8) is 0 Å². The van der Waals surface area contributed by atoms with Gasteiger partial charge in [0.05, 0.1) is 0 Å². The first-order valence-electron chi connectivity index (χ1n) is 4.62. The number of aromatic nitrogens is 1. The number of fused-ring (bicyclic) bond motifs is 1. The quantitative estimate of drug-likeness (QED) is 0.839. The first kappa shape index (κ1) is 10.1. The lowest BCUT2D eigenvalue weighted by Crippen LogP contribution is -2.02. The van der Waals surface area contributed by atoms with Gasteiger partial charge in [-0.05, 0) is 29.9 Å². The maximum atomic E-state index is 11.7. The van der Waals surface area contributed by atoms with Crippen LogP contribution in [0.4, 0.5) is 0 Å². The third-order valence-electron chi connectivity index (χ3n) is 2.14. The molecule has 1 aromatic heterocycles. The van der Waals surface area contributed by atoms with E-state index in [0.717, 1.165) is 16.6 Å². The molecule has 1 aromatic carbocycles. The van der Waals surface area contributed by atoms with Crippen LogP contribution in [0.5, 0.6) is 0 Å². The summed E-state index contributed by atoms with van der Waals surface area (Å²) in [4.78, 5) is 14.9. The SMILES string of the molecule is CS/C=C\c1cc(=O)c2ccccc2[nH]1. The topological polar surface area (TPSA) is 32.9 Å². The van der Waals surface area contributed by atoms with Gasteiger partial charge in [-0.25, -0.2) is 0 Å². The Bertz CT molecular complexity index is 557. The summed E-state index contributed by atoms with van der Waals surface area (Å²) >= 11 is 1.61. The number of pyridine rings is 1. The van der Waals surface area contributed by atoms with Crippen molar-refractivity contribution in [3.05, 3.63) is 51.7 Å². The molecule has 0 saturated heterocycles. The number of rotatable bonds is 2. The van der Waals surface area contributed by atoms with Gasteiger partial charge in [-0.3, -0.25) is 4.79 Å². The van der Waals surface area contributed by atoms with Gasteiger partial charge in [-0.2, -0.15) is 0 Å². The second kappa shape index (κ2) is 4.36. The molecule has 0 spiro atoms. The van der Waals surface area contributed by atoms with E-state index in [1.807, 2.05) is 42.0 Å². The Morgan fingerprint density at radius 3 is 2.93 bits per heavy atom. The van der Waals surface area contributed by atoms with Crippen LogP contribution in [0.25, 0.3) is 17.0 Å². The lowest BCUT2D eigenvalue weighted by atomic mass is 10.2. The molecule has 76 valence electrons. The normalized spacial score (nSPS) is 11.3. The second-order valence-electron chi connectivity index (χ2n) is 3.17. The van der Waals surface area contributed by atoms with Gasteiger partial charge < -0.3 is 4.98 Å². The summed E-state index contributed by atoms with van der Waals surface area (Å²) in [5.41, 5.74) is 1.78. The van der Waals surface area contributed by atoms with Crippen molar-refractivity contribution in [3.8, 4) is 0 Å². The summed E-state index contributed by atoms with van der Waals surface area (Å²) in [7, 11) is 0. The van der Waals surface area contributed by atoms with Crippen LogP contribution in [0.1, 0.15) is 5.69 Å². The van der Waals surface area contributed by atoms with Crippen molar-refractivity contribution < 1.29 is 0 Å². The summed E-state index contributed by atoms with van der Waals surface area (Å²) in [5, 5.41) is 2.68. The second-order valence-corrected chi connectivity index (χ2v) is 3.92. The van der Waals surface area contributed by atoms with Crippen LogP contribution in [0.2, 0.25) is 0 Å². The average Bonchev–Trinajstić information content (AvgIpc) is 2.26. The highest BCUT2D eigenvalue weighted by atomic mass is 32.2. The van der Waals surface area contributed by atoms with Gasteiger partial charge in [0.1, 0.15) is 0 Å². The Labute approximate surface area is 92.0 Å². The lowest BCUT2D eigenvalue weighted by Gasteiger charge is -1.99. The zero-order valence-electron chi connectivity index (χ0n) is 8.36. The Morgan fingerprint density at radius 1 is 1.33 bits per heavy atom. The van der Waals surface area contributed by atoms with Crippen molar-refractivity contribution in [2.45, 2.75) is 0 Å². The molecule has 3 heteroatoms. The number of aromatic amines is 1. The number of hydrogen-bond donors (Lipinski definition) is 1. The van der Waals surface area contributed by atoms with Crippen LogP contribution in [-0.4, -0.2) is 11.2 Å². The van der Waals surface area contributed by atoms with E-state index in [2.05, 4.69) is 4.98 Å². The molecule has 2 aromatic rings. The van der Waals surface area contributed by atoms with Crippen molar-refractivity contribution in [1.82, 2.24) is 4.98 Å². The van der Waals surface area contributed by atoms with E-state index in [1.54, 1.807) is 17.8 Å². The van der Waals surface area contributed by atoms with Gasteiger partial charge >= 0.3 is 0 Å². The molecule has 0 fully saturated rings. The van der Waals surface area contributed by atoms with E-state index in [-0.39, 0.29) is 5.43 Å². The van der Waals surface area contributed by atoms with Crippen molar-refractivity contribution >= 4 is 28.7 Å². The molecular formula is C12H11NOS. The van der Waals surface area contributed by atoms with E-state index in [1.165, 1.54) is 0 Å². The molecule has 0 radical (unpaired) electrons. The van der Waals surface area contributed by atoms with Gasteiger partial charge in [-0.1, -0.05) is 12.1 Å². The first-order chi connectivity index (χ1) is 7.31. The standard InChI is InChI=1S/C12H11NOS/c1-15-7-6-9-8-12(14)10-4-2-3-5-11(10)13-9/h2-8H,1H3,(H,13,14)/b7-6-. The zero-order valence-corrected chi connectivity index (χ0v) is 9.17. The van der Waals surface area contributed by atoms with E-state index in [9.17, 15) is 4.79 Å². The molecule has 0 unspecified atom stereocenters. The molecule has 0 amide bonds. The van der Waals surface area contributed by atoms with Crippen molar-refractivity contribution in [2.75, 3.05) is 6.26 Å². The van der Waals surface area contributed by atoms with Crippen molar-refractivity contribution in [2.24, 2.45) is 0 Å². The van der Waals surface area contributed by atoms with Gasteiger partial charge in [0, 0.05) is 22.7 Å². The minimum Gasteiger partial charge on any atom is -0.355 e. The predicted molar refractivity (Wildman–Crippen MR) is 67.1 cm³/mol. The van der Waals surface area contributed by atoms with Crippen LogP contribution in [0, 0.1) is 0 Å². The lowest BCUT2D eigenvalue weighted by molar-refractivity contribution is 1.35. The molecule has 0 aliphatic heterocycles. The smallest absolute Gasteiger partial charge is 0.189 e. The molecule has 15 heavy (non-hydrogen) atoms. The molecule has 0 bridgehead atoms. The Balaban J connectivity index is 2.62. The summed E-state index contributed by atoms with van der Waals surface area (Å²) in [6.07, 6.45) is 3.88. The maximum absolute atomic E-state index is 11.7. The number of nitrogens with one attached hydrogen (secondary N) is 1. The molecule has 0 saturated carbocycles. The number of thioether (sulfide) groups is 1. The third kappa shape index (κ3) is 2.13. The van der Waals surface area contributed by atoms with Crippen LogP contribution in [0.15, 0.2) is 40.5 Å². The van der Waals surface area contributed by atoms with E-state index in [0.29, 0.717) is 0 Å². The predicted octanol–water partition coefficient (Wildman–Crippen LogP) is 2.86. The van der Waals surface area contributed by atoms with E-state index < -0.39 is 0 Å². The summed E-state index contributed by atoms with van der Waals surface area (Å²) in [6.45, 7) is 0. The Morgan fingerprint density at radius 2 is 2.13 bits per heavy atom. The van der Waals surface area contributed by atoms with Gasteiger partial charge in [0.25, 0.3) is 0 Å². The van der Waals surface area contributed by atoms with Gasteiger partial charge in [0.15, 0.2) is 5.43 Å². The number of H-pyrrole nitrogens is 1. The number of hydrogen-bond acceptors (Lipinski definition) is 2. The number of para-hydroxylation sites is 1. The highest BCUT2D eigenvalue weighted by molar-refractivity contribution is 8.01. The largest absolute Gasteiger partial charge is 0.355 e. The fraction of sp³-hybridized carbons (Fsp3) is 0.0833. The Kier molecular flexibility index (Phi) is 2.92. The molecule has 1 heterocycles. The van der Waals surface area contributed by atoms with E-state index >= 15 is 0 Å². The van der Waals surface area contributed by atoms with E-state index in [4.69, 9.17) is 0 Å². The van der Waals surface area contributed by atoms with Gasteiger partial charge in [0.2, 0.25) is 0 Å².